The molecule has 1 aromatic heterocycles. The molecule has 0 unspecified atom stereocenters. The number of rotatable bonds is 8. The van der Waals surface area contributed by atoms with Crippen LogP contribution in [-0.4, -0.2) is 116 Å². The third kappa shape index (κ3) is 8.57. The first-order chi connectivity index (χ1) is 21.1. The second-order valence-corrected chi connectivity index (χ2v) is 13.7. The number of aliphatic carboxylic acids is 1. The van der Waals surface area contributed by atoms with Crippen molar-refractivity contribution in [2.75, 3.05) is 53.4 Å². The van der Waals surface area contributed by atoms with Crippen molar-refractivity contribution < 1.29 is 45.4 Å². The first kappa shape index (κ1) is 34.7. The van der Waals surface area contributed by atoms with Gasteiger partial charge in [-0.25, -0.2) is 13.2 Å². The summed E-state index contributed by atoms with van der Waals surface area (Å²) < 4.78 is 71.9. The van der Waals surface area contributed by atoms with Crippen LogP contribution in [0.15, 0.2) is 33.8 Å². The maximum Gasteiger partial charge on any atom is 0.490 e. The zero-order valence-corrected chi connectivity index (χ0v) is 26.8. The first-order valence-corrected chi connectivity index (χ1v) is 16.3. The number of aryl methyl sites for hydroxylation is 2. The third-order valence-electron chi connectivity index (χ3n) is 8.45. The fourth-order valence-electron chi connectivity index (χ4n) is 5.86. The van der Waals surface area contributed by atoms with Crippen molar-refractivity contribution in [1.29, 1.82) is 0 Å². The Morgan fingerprint density at radius 2 is 1.56 bits per heavy atom. The average Bonchev–Trinajstić information content (AvgIpc) is 3.71. The van der Waals surface area contributed by atoms with Gasteiger partial charge in [-0.15, -0.1) is 0 Å². The lowest BCUT2D eigenvalue weighted by atomic mass is 10.0. The van der Waals surface area contributed by atoms with Crippen molar-refractivity contribution in [3.05, 3.63) is 46.9 Å². The standard InChI is InChI=1S/C28H40N4O5S.C2HF3O2/c1-20-15-25(36-4)16-21(2)27(20)38(34,35)32(24-5-6-24)18-26-17-22(19-37-26)28(33)31-9-7-23(8-10-31)30-13-11-29(3)12-14-30;3-2(4,5)1(6)7/h15-17,19,23-24H,5-14,18H2,1-4H3;(H,6,7). The second-order valence-electron chi connectivity index (χ2n) is 11.8. The molecule has 11 nitrogen and oxygen atoms in total. The number of carboxylic acids is 1. The molecule has 3 fully saturated rings. The Balaban J connectivity index is 0.000000591. The number of benzene rings is 1. The van der Waals surface area contributed by atoms with Gasteiger partial charge in [0.05, 0.1) is 24.1 Å². The highest BCUT2D eigenvalue weighted by Crippen LogP contribution is 2.37. The van der Waals surface area contributed by atoms with Crippen LogP contribution in [0.2, 0.25) is 0 Å². The fourth-order valence-corrected chi connectivity index (χ4v) is 7.93. The van der Waals surface area contributed by atoms with Crippen molar-refractivity contribution in [3.63, 3.8) is 0 Å². The van der Waals surface area contributed by atoms with Crippen LogP contribution in [0.5, 0.6) is 5.75 Å². The molecular formula is C30H41F3N4O7S. The van der Waals surface area contributed by atoms with Crippen molar-refractivity contribution in [2.45, 2.75) is 69.2 Å². The fraction of sp³-hybridized carbons (Fsp3) is 0.600. The van der Waals surface area contributed by atoms with Crippen LogP contribution < -0.4 is 4.74 Å². The highest BCUT2D eigenvalue weighted by atomic mass is 32.2. The number of methoxy groups -OCH3 is 1. The number of hydrogen-bond donors (Lipinski definition) is 1. The zero-order chi connectivity index (χ0) is 33.1. The molecule has 2 saturated heterocycles. The summed E-state index contributed by atoms with van der Waals surface area (Å²) >= 11 is 0. The SMILES string of the molecule is COc1cc(C)c(S(=O)(=O)N(Cc2cc(C(=O)N3CCC(N4CCN(C)CC4)CC3)co2)C2CC2)c(C)c1.O=C(O)C(F)(F)F. The lowest BCUT2D eigenvalue weighted by molar-refractivity contribution is -0.192. The number of halogens is 3. The van der Waals surface area contributed by atoms with E-state index < -0.39 is 22.2 Å². The molecule has 5 rings (SSSR count). The minimum Gasteiger partial charge on any atom is -0.497 e. The number of alkyl halides is 3. The second kappa shape index (κ2) is 14.1. The number of ether oxygens (including phenoxy) is 1. The third-order valence-corrected chi connectivity index (χ3v) is 10.7. The van der Waals surface area contributed by atoms with Gasteiger partial charge >= 0.3 is 12.1 Å². The van der Waals surface area contributed by atoms with Crippen molar-refractivity contribution in [2.24, 2.45) is 0 Å². The monoisotopic (exact) mass is 658 g/mol. The predicted molar refractivity (Wildman–Crippen MR) is 159 cm³/mol. The molecule has 1 aliphatic carbocycles. The highest BCUT2D eigenvalue weighted by Gasteiger charge is 2.40. The van der Waals surface area contributed by atoms with Gasteiger partial charge in [-0.2, -0.15) is 17.5 Å². The maximum absolute atomic E-state index is 13.8. The molecule has 1 aromatic carbocycles. The minimum absolute atomic E-state index is 0.0421. The van der Waals surface area contributed by atoms with E-state index in [0.29, 0.717) is 39.1 Å². The summed E-state index contributed by atoms with van der Waals surface area (Å²) in [6.45, 7) is 9.55. The number of likely N-dealkylation sites (N-methyl/N-ethyl adjacent to an activating group) is 1. The van der Waals surface area contributed by atoms with E-state index in [1.54, 1.807) is 39.2 Å². The lowest BCUT2D eigenvalue weighted by Gasteiger charge is -2.42. The number of amides is 1. The van der Waals surface area contributed by atoms with Crippen LogP contribution >= 0.6 is 0 Å². The van der Waals surface area contributed by atoms with E-state index in [0.717, 1.165) is 65.0 Å². The van der Waals surface area contributed by atoms with Gasteiger partial charge in [0.15, 0.2) is 0 Å². The average molecular weight is 659 g/mol. The predicted octanol–water partition coefficient (Wildman–Crippen LogP) is 3.74. The first-order valence-electron chi connectivity index (χ1n) is 14.9. The van der Waals surface area contributed by atoms with Gasteiger partial charge in [-0.1, -0.05) is 0 Å². The van der Waals surface area contributed by atoms with Crippen molar-refractivity contribution in [1.82, 2.24) is 19.0 Å². The number of carbonyl (C=O) groups is 2. The molecule has 1 amide bonds. The van der Waals surface area contributed by atoms with E-state index in [2.05, 4.69) is 16.8 Å². The smallest absolute Gasteiger partial charge is 0.490 e. The molecule has 0 atom stereocenters. The van der Waals surface area contributed by atoms with Gasteiger partial charge in [-0.05, 0) is 75.9 Å². The van der Waals surface area contributed by atoms with E-state index in [1.165, 1.54) is 10.6 Å². The molecule has 2 aromatic rings. The van der Waals surface area contributed by atoms with Crippen LogP contribution in [0.4, 0.5) is 13.2 Å². The van der Waals surface area contributed by atoms with Crippen molar-refractivity contribution >= 4 is 21.9 Å². The van der Waals surface area contributed by atoms with Crippen LogP contribution in [-0.2, 0) is 21.4 Å². The Bertz CT molecular complexity index is 1440. The van der Waals surface area contributed by atoms with Crippen molar-refractivity contribution in [3.8, 4) is 5.75 Å². The van der Waals surface area contributed by atoms with Gasteiger partial charge < -0.3 is 24.1 Å². The Hall–Kier alpha value is -3.14. The molecule has 15 heteroatoms. The Kier molecular flexibility index (Phi) is 10.9. The van der Waals surface area contributed by atoms with E-state index in [9.17, 15) is 26.4 Å². The zero-order valence-electron chi connectivity index (χ0n) is 26.0. The number of piperazine rings is 1. The highest BCUT2D eigenvalue weighted by molar-refractivity contribution is 7.89. The van der Waals surface area contributed by atoms with Gasteiger partial charge in [-0.3, -0.25) is 9.69 Å². The summed E-state index contributed by atoms with van der Waals surface area (Å²) in [6.07, 6.45) is -0.000882. The Morgan fingerprint density at radius 3 is 2.04 bits per heavy atom. The normalized spacial score (nSPS) is 18.9. The molecule has 3 heterocycles. The molecule has 250 valence electrons. The quantitative estimate of drug-likeness (QED) is 0.452. The molecule has 0 radical (unpaired) electrons. The van der Waals surface area contributed by atoms with E-state index in [-0.39, 0.29) is 18.5 Å². The number of sulfonamides is 1. The van der Waals surface area contributed by atoms with E-state index >= 15 is 0 Å². The Labute approximate surface area is 261 Å². The van der Waals surface area contributed by atoms with Gasteiger partial charge in [0, 0.05) is 51.4 Å². The van der Waals surface area contributed by atoms with E-state index in [4.69, 9.17) is 19.1 Å². The number of furan rings is 1. The maximum atomic E-state index is 13.8. The number of carboxylic acid groups (broad SMARTS) is 1. The number of hydrogen-bond acceptors (Lipinski definition) is 8. The molecule has 45 heavy (non-hydrogen) atoms. The molecule has 1 saturated carbocycles. The van der Waals surface area contributed by atoms with Gasteiger partial charge in [0.25, 0.3) is 5.91 Å². The summed E-state index contributed by atoms with van der Waals surface area (Å²) in [5.41, 5.74) is 1.80. The van der Waals surface area contributed by atoms with Crippen LogP contribution in [0.1, 0.15) is 52.9 Å². The largest absolute Gasteiger partial charge is 0.497 e. The van der Waals surface area contributed by atoms with Crippen LogP contribution in [0.25, 0.3) is 0 Å². The van der Waals surface area contributed by atoms with Gasteiger partial charge in [0.1, 0.15) is 17.8 Å². The molecular weight excluding hydrogens is 617 g/mol. The molecule has 0 bridgehead atoms. The molecule has 0 spiro atoms. The number of nitrogens with zero attached hydrogens (tertiary/aromatic N) is 4. The van der Waals surface area contributed by atoms with Crippen LogP contribution in [0, 0.1) is 13.8 Å². The summed E-state index contributed by atoms with van der Waals surface area (Å²) in [5.74, 6) is -1.68. The van der Waals surface area contributed by atoms with Gasteiger partial charge in [0.2, 0.25) is 10.0 Å². The number of piperidine rings is 1. The Morgan fingerprint density at radius 1 is 1.00 bits per heavy atom. The van der Waals surface area contributed by atoms with Crippen LogP contribution in [0.3, 0.4) is 0 Å². The lowest BCUT2D eigenvalue weighted by Crippen LogP contribution is -2.52. The number of carbonyl (C=O) groups excluding carboxylic acids is 1. The summed E-state index contributed by atoms with van der Waals surface area (Å²) in [4.78, 5) is 29.3. The topological polar surface area (TPSA) is 124 Å². The molecule has 1 N–H and O–H groups in total. The molecule has 3 aliphatic rings. The summed E-state index contributed by atoms with van der Waals surface area (Å²) in [6, 6.07) is 5.70. The van der Waals surface area contributed by atoms with E-state index in [1.807, 2.05) is 4.90 Å². The summed E-state index contributed by atoms with van der Waals surface area (Å²) in [7, 11) is -0.0206. The number of likely N-dealkylation sites (tertiary alicyclic amines) is 1. The minimum atomic E-state index is -5.08. The summed E-state index contributed by atoms with van der Waals surface area (Å²) in [5, 5.41) is 7.12. The molecule has 2 aliphatic heterocycles.